The lowest BCUT2D eigenvalue weighted by Crippen LogP contribution is -2.52. The fourth-order valence-corrected chi connectivity index (χ4v) is 5.63. The molecule has 8 heteroatoms. The van der Waals surface area contributed by atoms with Gasteiger partial charge in [-0.15, -0.1) is 0 Å². The highest BCUT2D eigenvalue weighted by molar-refractivity contribution is 7.92. The maximum Gasteiger partial charge on any atom is 0.243 e. The number of nitrogens with zero attached hydrogens (tertiary/aromatic N) is 2. The van der Waals surface area contributed by atoms with E-state index in [4.69, 9.17) is 0 Å². The molecule has 0 spiro atoms. The van der Waals surface area contributed by atoms with Crippen LogP contribution in [0.3, 0.4) is 0 Å². The number of benzene rings is 3. The molecule has 220 valence electrons. The average Bonchev–Trinajstić information content (AvgIpc) is 2.93. The third-order valence-corrected chi connectivity index (χ3v) is 8.38. The summed E-state index contributed by atoms with van der Waals surface area (Å²) in [5.41, 5.74) is 4.52. The molecule has 0 bridgehead atoms. The molecule has 1 N–H and O–H groups in total. The molecule has 0 aromatic heterocycles. The lowest BCUT2D eigenvalue weighted by molar-refractivity contribution is -0.141. The highest BCUT2D eigenvalue weighted by Crippen LogP contribution is 2.21. The summed E-state index contributed by atoms with van der Waals surface area (Å²) in [6.07, 6.45) is 2.74. The molecule has 41 heavy (non-hydrogen) atoms. The number of rotatable bonds is 14. The predicted octanol–water partition coefficient (Wildman–Crippen LogP) is 5.40. The monoisotopic (exact) mass is 577 g/mol. The lowest BCUT2D eigenvalue weighted by atomic mass is 10.0. The van der Waals surface area contributed by atoms with Crippen molar-refractivity contribution in [1.29, 1.82) is 0 Å². The number of sulfonamides is 1. The van der Waals surface area contributed by atoms with Gasteiger partial charge in [-0.25, -0.2) is 8.42 Å². The molecule has 3 rings (SSSR count). The standard InChI is InChI=1S/C33H43N3O4S/c1-6-27(4)34-33(38)31(23-28-13-8-7-9-14-28)35(24-29-19-17-25(2)18-20-29)32(37)16-11-21-36(41(5,39)40)30-15-10-12-26(3)22-30/h7-10,12-15,17-20,22,27,31H,6,11,16,21,23-24H2,1-5H3,(H,34,38)/t27-,31-/m1/s1. The van der Waals surface area contributed by atoms with Crippen LogP contribution in [0.15, 0.2) is 78.9 Å². The van der Waals surface area contributed by atoms with E-state index in [1.807, 2.05) is 100 Å². The molecule has 0 aliphatic heterocycles. The number of hydrogen-bond donors (Lipinski definition) is 1. The zero-order chi connectivity index (χ0) is 30.0. The summed E-state index contributed by atoms with van der Waals surface area (Å²) in [4.78, 5) is 29.2. The van der Waals surface area contributed by atoms with E-state index in [9.17, 15) is 18.0 Å². The summed E-state index contributed by atoms with van der Waals surface area (Å²) in [6.45, 7) is 8.32. The van der Waals surface area contributed by atoms with E-state index < -0.39 is 16.1 Å². The first-order valence-electron chi connectivity index (χ1n) is 14.2. The van der Waals surface area contributed by atoms with Crippen molar-refractivity contribution in [3.63, 3.8) is 0 Å². The highest BCUT2D eigenvalue weighted by atomic mass is 32.2. The number of amides is 2. The molecule has 0 unspecified atom stereocenters. The molecule has 0 heterocycles. The largest absolute Gasteiger partial charge is 0.352 e. The Labute approximate surface area is 245 Å². The van der Waals surface area contributed by atoms with Gasteiger partial charge < -0.3 is 10.2 Å². The van der Waals surface area contributed by atoms with Crippen LogP contribution >= 0.6 is 0 Å². The van der Waals surface area contributed by atoms with E-state index in [0.29, 0.717) is 18.5 Å². The zero-order valence-electron chi connectivity index (χ0n) is 24.8. The highest BCUT2D eigenvalue weighted by Gasteiger charge is 2.31. The van der Waals surface area contributed by atoms with Gasteiger partial charge in [0.2, 0.25) is 21.8 Å². The van der Waals surface area contributed by atoms with Crippen molar-refractivity contribution in [1.82, 2.24) is 10.2 Å². The first-order chi connectivity index (χ1) is 19.5. The predicted molar refractivity (Wildman–Crippen MR) is 166 cm³/mol. The number of carbonyl (C=O) groups excluding carboxylic acids is 2. The van der Waals surface area contributed by atoms with Crippen molar-refractivity contribution in [2.75, 3.05) is 17.1 Å². The molecule has 7 nitrogen and oxygen atoms in total. The van der Waals surface area contributed by atoms with Crippen LogP contribution in [0.2, 0.25) is 0 Å². The Hall–Kier alpha value is -3.65. The Morgan fingerprint density at radius 3 is 2.17 bits per heavy atom. The SMILES string of the molecule is CC[C@@H](C)NC(=O)[C@@H](Cc1ccccc1)N(Cc1ccc(C)cc1)C(=O)CCCN(c1cccc(C)c1)S(C)(=O)=O. The average molecular weight is 578 g/mol. The van der Waals surface area contributed by atoms with Crippen LogP contribution < -0.4 is 9.62 Å². The van der Waals surface area contributed by atoms with Crippen molar-refractivity contribution in [2.24, 2.45) is 0 Å². The van der Waals surface area contributed by atoms with Gasteiger partial charge in [0, 0.05) is 32.0 Å². The molecule has 2 amide bonds. The number of hydrogen-bond acceptors (Lipinski definition) is 4. The van der Waals surface area contributed by atoms with Gasteiger partial charge in [0.15, 0.2) is 0 Å². The number of aryl methyl sites for hydroxylation is 2. The smallest absolute Gasteiger partial charge is 0.243 e. The molecule has 0 radical (unpaired) electrons. The normalized spacial score (nSPS) is 12.8. The van der Waals surface area contributed by atoms with Gasteiger partial charge in [-0.2, -0.15) is 0 Å². The van der Waals surface area contributed by atoms with E-state index in [-0.39, 0.29) is 37.4 Å². The van der Waals surface area contributed by atoms with Crippen molar-refractivity contribution in [2.45, 2.75) is 72.0 Å². The van der Waals surface area contributed by atoms with Crippen LogP contribution in [0, 0.1) is 13.8 Å². The van der Waals surface area contributed by atoms with Gasteiger partial charge in [0.05, 0.1) is 11.9 Å². The summed E-state index contributed by atoms with van der Waals surface area (Å²) in [6, 6.07) is 24.2. The van der Waals surface area contributed by atoms with Crippen molar-refractivity contribution in [3.8, 4) is 0 Å². The summed E-state index contributed by atoms with van der Waals surface area (Å²) in [7, 11) is -3.55. The molecular formula is C33H43N3O4S. The molecule has 3 aromatic rings. The zero-order valence-corrected chi connectivity index (χ0v) is 25.7. The van der Waals surface area contributed by atoms with Crippen molar-refractivity contribution in [3.05, 3.63) is 101 Å². The second kappa shape index (κ2) is 14.8. The van der Waals surface area contributed by atoms with Crippen LogP contribution in [-0.2, 0) is 32.6 Å². The minimum atomic E-state index is -3.55. The van der Waals surface area contributed by atoms with E-state index in [1.165, 1.54) is 10.6 Å². The molecule has 0 saturated heterocycles. The minimum Gasteiger partial charge on any atom is -0.352 e. The molecular weight excluding hydrogens is 534 g/mol. The van der Waals surface area contributed by atoms with E-state index in [2.05, 4.69) is 5.32 Å². The Bertz CT molecular complexity index is 1390. The third kappa shape index (κ3) is 9.74. The van der Waals surface area contributed by atoms with Gasteiger partial charge in [0.25, 0.3) is 0 Å². The van der Waals surface area contributed by atoms with Crippen LogP contribution in [-0.4, -0.2) is 50.0 Å². The first-order valence-corrected chi connectivity index (χ1v) is 16.1. The summed E-state index contributed by atoms with van der Waals surface area (Å²) >= 11 is 0. The molecule has 0 aliphatic rings. The van der Waals surface area contributed by atoms with Gasteiger partial charge in [-0.1, -0.05) is 79.2 Å². The molecule has 0 saturated carbocycles. The van der Waals surface area contributed by atoms with Crippen LogP contribution in [0.5, 0.6) is 0 Å². The Kier molecular flexibility index (Phi) is 11.5. The minimum absolute atomic E-state index is 0.0326. The van der Waals surface area contributed by atoms with Crippen molar-refractivity contribution < 1.29 is 18.0 Å². The van der Waals surface area contributed by atoms with Crippen LogP contribution in [0.4, 0.5) is 5.69 Å². The van der Waals surface area contributed by atoms with Crippen molar-refractivity contribution >= 4 is 27.5 Å². The Morgan fingerprint density at radius 2 is 1.56 bits per heavy atom. The Morgan fingerprint density at radius 1 is 0.878 bits per heavy atom. The number of carbonyl (C=O) groups is 2. The second-order valence-corrected chi connectivity index (χ2v) is 12.7. The maximum absolute atomic E-state index is 13.9. The summed E-state index contributed by atoms with van der Waals surface area (Å²) in [5, 5.41) is 3.08. The molecule has 0 aliphatic carbocycles. The van der Waals surface area contributed by atoms with Gasteiger partial charge >= 0.3 is 0 Å². The van der Waals surface area contributed by atoms with Crippen LogP contribution in [0.1, 0.15) is 55.4 Å². The third-order valence-electron chi connectivity index (χ3n) is 7.19. The lowest BCUT2D eigenvalue weighted by Gasteiger charge is -2.32. The van der Waals surface area contributed by atoms with Gasteiger partial charge in [-0.05, 0) is 62.4 Å². The van der Waals surface area contributed by atoms with Gasteiger partial charge in [-0.3, -0.25) is 13.9 Å². The Balaban J connectivity index is 1.89. The molecule has 3 aromatic carbocycles. The second-order valence-electron chi connectivity index (χ2n) is 10.8. The summed E-state index contributed by atoms with van der Waals surface area (Å²) < 4.78 is 26.6. The fraction of sp³-hybridized carbons (Fsp3) is 0.394. The molecule has 0 fully saturated rings. The van der Waals surface area contributed by atoms with Gasteiger partial charge in [0.1, 0.15) is 6.04 Å². The topological polar surface area (TPSA) is 86.8 Å². The summed E-state index contributed by atoms with van der Waals surface area (Å²) in [5.74, 6) is -0.385. The molecule has 2 atom stereocenters. The number of nitrogens with one attached hydrogen (secondary N) is 1. The van der Waals surface area contributed by atoms with Crippen LogP contribution in [0.25, 0.3) is 0 Å². The van der Waals surface area contributed by atoms with E-state index >= 15 is 0 Å². The fourth-order valence-electron chi connectivity index (χ4n) is 4.67. The first kappa shape index (κ1) is 31.9. The number of anilines is 1. The van der Waals surface area contributed by atoms with E-state index in [0.717, 1.165) is 28.7 Å². The van der Waals surface area contributed by atoms with E-state index in [1.54, 1.807) is 11.0 Å². The maximum atomic E-state index is 13.9. The quantitative estimate of drug-likeness (QED) is 0.278.